The highest BCUT2D eigenvalue weighted by Gasteiger charge is 2.28. The van der Waals surface area contributed by atoms with Crippen molar-refractivity contribution in [1.82, 2.24) is 20.4 Å². The number of nitrogens with zero attached hydrogens (tertiary/aromatic N) is 3. The summed E-state index contributed by atoms with van der Waals surface area (Å²) in [6.45, 7) is 4.97. The number of hydrogen-bond donors (Lipinski definition) is 1. The molecule has 2 heterocycles. The number of benzene rings is 1. The third kappa shape index (κ3) is 4.27. The molecule has 0 radical (unpaired) electrons. The van der Waals surface area contributed by atoms with Crippen LogP contribution in [-0.2, 0) is 4.74 Å². The molecule has 0 bridgehead atoms. The molecule has 1 aliphatic rings. The fourth-order valence-corrected chi connectivity index (χ4v) is 3.39. The molecule has 27 heavy (non-hydrogen) atoms. The third-order valence-electron chi connectivity index (χ3n) is 4.97. The number of carbonyl (C=O) groups is 2. The van der Waals surface area contributed by atoms with E-state index in [1.54, 1.807) is 30.0 Å². The van der Waals surface area contributed by atoms with E-state index in [2.05, 4.69) is 15.5 Å². The summed E-state index contributed by atoms with van der Waals surface area (Å²) in [7, 11) is 1.39. The molecular weight excluding hydrogens is 348 g/mol. The molecule has 8 nitrogen and oxygen atoms in total. The summed E-state index contributed by atoms with van der Waals surface area (Å²) in [5.74, 6) is 0.903. The van der Waals surface area contributed by atoms with E-state index in [0.717, 1.165) is 12.8 Å². The van der Waals surface area contributed by atoms with Crippen molar-refractivity contribution in [3.63, 3.8) is 0 Å². The van der Waals surface area contributed by atoms with E-state index in [0.29, 0.717) is 41.9 Å². The van der Waals surface area contributed by atoms with Crippen molar-refractivity contribution in [3.8, 4) is 11.5 Å². The lowest BCUT2D eigenvalue weighted by molar-refractivity contribution is 0.0867. The van der Waals surface area contributed by atoms with Crippen LogP contribution in [0.5, 0.6) is 0 Å². The van der Waals surface area contributed by atoms with Crippen LogP contribution in [0.4, 0.5) is 4.79 Å². The summed E-state index contributed by atoms with van der Waals surface area (Å²) in [6, 6.07) is 7.16. The third-order valence-corrected chi connectivity index (χ3v) is 4.97. The van der Waals surface area contributed by atoms with Gasteiger partial charge in [-0.1, -0.05) is 12.1 Å². The Balaban J connectivity index is 1.65. The predicted molar refractivity (Wildman–Crippen MR) is 98.1 cm³/mol. The summed E-state index contributed by atoms with van der Waals surface area (Å²) < 4.78 is 10.2. The van der Waals surface area contributed by atoms with Crippen LogP contribution in [0.15, 0.2) is 28.7 Å². The molecule has 1 N–H and O–H groups in total. The lowest BCUT2D eigenvalue weighted by Gasteiger charge is -2.34. The maximum atomic E-state index is 12.8. The van der Waals surface area contributed by atoms with E-state index in [-0.39, 0.29) is 18.0 Å². The number of carbonyl (C=O) groups excluding carboxylic acids is 2. The predicted octanol–water partition coefficient (Wildman–Crippen LogP) is 2.64. The zero-order valence-electron chi connectivity index (χ0n) is 15.8. The van der Waals surface area contributed by atoms with E-state index in [9.17, 15) is 9.59 Å². The van der Waals surface area contributed by atoms with Crippen LogP contribution in [-0.4, -0.2) is 53.3 Å². The van der Waals surface area contributed by atoms with Crippen molar-refractivity contribution >= 4 is 12.0 Å². The van der Waals surface area contributed by atoms with Gasteiger partial charge in [0.15, 0.2) is 0 Å². The standard InChI is InChI=1S/C19H24N4O4/c1-12(14-8-10-23(11-9-14)19(25)26-3)20-17(24)15-6-4-5-7-16(15)18-22-21-13(2)27-18/h4-7,12,14H,8-11H2,1-3H3,(H,20,24). The van der Waals surface area contributed by atoms with E-state index in [1.807, 2.05) is 13.0 Å². The van der Waals surface area contributed by atoms with Gasteiger partial charge in [-0.25, -0.2) is 4.79 Å². The van der Waals surface area contributed by atoms with Crippen LogP contribution >= 0.6 is 0 Å². The number of aryl methyl sites for hydroxylation is 1. The highest BCUT2D eigenvalue weighted by atomic mass is 16.5. The van der Waals surface area contributed by atoms with Crippen molar-refractivity contribution in [1.29, 1.82) is 0 Å². The van der Waals surface area contributed by atoms with Gasteiger partial charge in [0.05, 0.1) is 18.2 Å². The molecule has 2 aromatic rings. The van der Waals surface area contributed by atoms with Gasteiger partial charge in [0.2, 0.25) is 11.8 Å². The molecule has 8 heteroatoms. The number of methoxy groups -OCH3 is 1. The normalized spacial score (nSPS) is 16.0. The number of hydrogen-bond acceptors (Lipinski definition) is 6. The number of aromatic nitrogens is 2. The molecule has 1 aromatic heterocycles. The second-order valence-corrected chi connectivity index (χ2v) is 6.73. The van der Waals surface area contributed by atoms with Crippen molar-refractivity contribution in [2.75, 3.05) is 20.2 Å². The zero-order valence-corrected chi connectivity index (χ0v) is 15.8. The van der Waals surface area contributed by atoms with Gasteiger partial charge in [-0.15, -0.1) is 10.2 Å². The molecular formula is C19H24N4O4. The molecule has 1 fully saturated rings. The average Bonchev–Trinajstić information content (AvgIpc) is 3.13. The maximum absolute atomic E-state index is 12.8. The summed E-state index contributed by atoms with van der Waals surface area (Å²) in [6.07, 6.45) is 1.34. The van der Waals surface area contributed by atoms with Crippen LogP contribution in [0.3, 0.4) is 0 Å². The first-order valence-corrected chi connectivity index (χ1v) is 9.03. The first-order chi connectivity index (χ1) is 13.0. The first kappa shape index (κ1) is 18.9. The summed E-state index contributed by atoms with van der Waals surface area (Å²) >= 11 is 0. The van der Waals surface area contributed by atoms with Crippen molar-refractivity contribution in [2.45, 2.75) is 32.7 Å². The van der Waals surface area contributed by atoms with Gasteiger partial charge in [0, 0.05) is 26.1 Å². The molecule has 144 valence electrons. The second-order valence-electron chi connectivity index (χ2n) is 6.73. The quantitative estimate of drug-likeness (QED) is 0.886. The molecule has 0 spiro atoms. The van der Waals surface area contributed by atoms with Crippen molar-refractivity contribution in [3.05, 3.63) is 35.7 Å². The van der Waals surface area contributed by atoms with Gasteiger partial charge in [0.1, 0.15) is 0 Å². The number of ether oxygens (including phenoxy) is 1. The Hall–Kier alpha value is -2.90. The minimum atomic E-state index is -0.297. The Morgan fingerprint density at radius 2 is 1.96 bits per heavy atom. The zero-order chi connectivity index (χ0) is 19.4. The molecule has 3 rings (SSSR count). The Kier molecular flexibility index (Phi) is 5.73. The molecule has 1 atom stereocenters. The molecule has 1 aromatic carbocycles. The van der Waals surface area contributed by atoms with E-state index in [4.69, 9.17) is 9.15 Å². The van der Waals surface area contributed by atoms with Gasteiger partial charge in [0.25, 0.3) is 5.91 Å². The Morgan fingerprint density at radius 3 is 2.59 bits per heavy atom. The molecule has 1 aliphatic heterocycles. The van der Waals surface area contributed by atoms with Crippen LogP contribution in [0.1, 0.15) is 36.0 Å². The Bertz CT molecular complexity index is 812. The number of rotatable bonds is 4. The molecule has 0 aliphatic carbocycles. The summed E-state index contributed by atoms with van der Waals surface area (Å²) in [4.78, 5) is 26.1. The number of amides is 2. The fraction of sp³-hybridized carbons (Fsp3) is 0.474. The molecule has 2 amide bonds. The fourth-order valence-electron chi connectivity index (χ4n) is 3.39. The minimum absolute atomic E-state index is 0.0187. The number of likely N-dealkylation sites (tertiary alicyclic amines) is 1. The molecule has 0 saturated carbocycles. The SMILES string of the molecule is COC(=O)N1CCC(C(C)NC(=O)c2ccccc2-c2nnc(C)o2)CC1. The van der Waals surface area contributed by atoms with Crippen LogP contribution in [0.25, 0.3) is 11.5 Å². The van der Waals surface area contributed by atoms with Gasteiger partial charge in [-0.05, 0) is 37.8 Å². The maximum Gasteiger partial charge on any atom is 0.409 e. The van der Waals surface area contributed by atoms with Gasteiger partial charge >= 0.3 is 6.09 Å². The molecule has 1 unspecified atom stereocenters. The van der Waals surface area contributed by atoms with E-state index >= 15 is 0 Å². The second kappa shape index (κ2) is 8.20. The van der Waals surface area contributed by atoms with Gasteiger partial charge in [-0.3, -0.25) is 4.79 Å². The van der Waals surface area contributed by atoms with E-state index < -0.39 is 0 Å². The summed E-state index contributed by atoms with van der Waals surface area (Å²) in [5, 5.41) is 10.9. The first-order valence-electron chi connectivity index (χ1n) is 9.03. The van der Waals surface area contributed by atoms with Crippen LogP contribution in [0.2, 0.25) is 0 Å². The van der Waals surface area contributed by atoms with Gasteiger partial charge < -0.3 is 19.4 Å². The number of nitrogens with one attached hydrogen (secondary N) is 1. The van der Waals surface area contributed by atoms with Crippen LogP contribution in [0, 0.1) is 12.8 Å². The lowest BCUT2D eigenvalue weighted by Crippen LogP contribution is -2.45. The Labute approximate surface area is 157 Å². The van der Waals surface area contributed by atoms with Crippen molar-refractivity contribution in [2.24, 2.45) is 5.92 Å². The minimum Gasteiger partial charge on any atom is -0.453 e. The smallest absolute Gasteiger partial charge is 0.409 e. The average molecular weight is 372 g/mol. The summed E-state index contributed by atoms with van der Waals surface area (Å²) in [5.41, 5.74) is 1.11. The highest BCUT2D eigenvalue weighted by Crippen LogP contribution is 2.24. The van der Waals surface area contributed by atoms with E-state index in [1.165, 1.54) is 7.11 Å². The topological polar surface area (TPSA) is 97.6 Å². The van der Waals surface area contributed by atoms with Crippen molar-refractivity contribution < 1.29 is 18.7 Å². The largest absolute Gasteiger partial charge is 0.453 e. The van der Waals surface area contributed by atoms with Crippen LogP contribution < -0.4 is 5.32 Å². The highest BCUT2D eigenvalue weighted by molar-refractivity contribution is 6.00. The monoisotopic (exact) mass is 372 g/mol. The molecule has 1 saturated heterocycles. The van der Waals surface area contributed by atoms with Gasteiger partial charge in [-0.2, -0.15) is 0 Å². The Morgan fingerprint density at radius 1 is 1.26 bits per heavy atom. The lowest BCUT2D eigenvalue weighted by atomic mass is 9.90. The number of piperidine rings is 1.